The van der Waals surface area contributed by atoms with Crippen LogP contribution < -0.4 is 20.3 Å². The molecule has 0 saturated carbocycles. The first kappa shape index (κ1) is 21.1. The average molecular weight is 407 g/mol. The standard InChI is InChI=1S/C23H25N3O4/c1-30-20-10-7-17(8-11-20)9-12-21(27)24-14-13-22(28)25-18-4-2-5-19(16-18)26-15-3-6-23(26)29/h2,4-5,7-12,16H,3,6,13-15H2,1H3,(H,24,27)(H,25,28)/b12-9+. The first-order chi connectivity index (χ1) is 14.5. The lowest BCUT2D eigenvalue weighted by atomic mass is 10.2. The molecule has 1 aliphatic rings. The van der Waals surface area contributed by atoms with Crippen LogP contribution in [0, 0.1) is 0 Å². The second-order valence-electron chi connectivity index (χ2n) is 6.89. The summed E-state index contributed by atoms with van der Waals surface area (Å²) in [6.07, 6.45) is 4.68. The number of hydrogen-bond acceptors (Lipinski definition) is 4. The largest absolute Gasteiger partial charge is 0.497 e. The predicted molar refractivity (Wildman–Crippen MR) is 116 cm³/mol. The first-order valence-corrected chi connectivity index (χ1v) is 9.85. The lowest BCUT2D eigenvalue weighted by Gasteiger charge is -2.16. The van der Waals surface area contributed by atoms with Gasteiger partial charge in [0.25, 0.3) is 0 Å². The molecule has 0 unspecified atom stereocenters. The highest BCUT2D eigenvalue weighted by molar-refractivity contribution is 5.97. The van der Waals surface area contributed by atoms with Crippen molar-refractivity contribution in [3.8, 4) is 5.75 Å². The van der Waals surface area contributed by atoms with E-state index in [4.69, 9.17) is 4.74 Å². The molecule has 7 heteroatoms. The molecule has 0 spiro atoms. The fraction of sp³-hybridized carbons (Fsp3) is 0.261. The zero-order valence-electron chi connectivity index (χ0n) is 16.9. The van der Waals surface area contributed by atoms with Gasteiger partial charge < -0.3 is 20.3 Å². The number of nitrogens with one attached hydrogen (secondary N) is 2. The third kappa shape index (κ3) is 5.94. The minimum Gasteiger partial charge on any atom is -0.497 e. The average Bonchev–Trinajstić information content (AvgIpc) is 3.18. The summed E-state index contributed by atoms with van der Waals surface area (Å²) in [7, 11) is 1.60. The van der Waals surface area contributed by atoms with Gasteiger partial charge in [0.05, 0.1) is 7.11 Å². The SMILES string of the molecule is COc1ccc(/C=C/C(=O)NCCC(=O)Nc2cccc(N3CCCC3=O)c2)cc1. The van der Waals surface area contributed by atoms with Crippen LogP contribution in [0.25, 0.3) is 6.08 Å². The van der Waals surface area contributed by atoms with Crippen LogP contribution >= 0.6 is 0 Å². The second-order valence-corrected chi connectivity index (χ2v) is 6.89. The fourth-order valence-electron chi connectivity index (χ4n) is 3.14. The van der Waals surface area contributed by atoms with E-state index in [0.717, 1.165) is 23.4 Å². The van der Waals surface area contributed by atoms with Crippen molar-refractivity contribution in [3.05, 3.63) is 60.2 Å². The summed E-state index contributed by atoms with van der Waals surface area (Å²) in [6, 6.07) is 14.6. The maximum absolute atomic E-state index is 12.2. The van der Waals surface area contributed by atoms with Gasteiger partial charge in [0.1, 0.15) is 5.75 Å². The van der Waals surface area contributed by atoms with Crippen molar-refractivity contribution in [2.75, 3.05) is 30.4 Å². The maximum atomic E-state index is 12.2. The Labute approximate surface area is 175 Å². The van der Waals surface area contributed by atoms with Crippen LogP contribution in [0.3, 0.4) is 0 Å². The number of hydrogen-bond donors (Lipinski definition) is 2. The number of carbonyl (C=O) groups is 3. The third-order valence-corrected chi connectivity index (χ3v) is 4.71. The summed E-state index contributed by atoms with van der Waals surface area (Å²) in [4.78, 5) is 37.7. The zero-order valence-corrected chi connectivity index (χ0v) is 16.9. The van der Waals surface area contributed by atoms with Crippen LogP contribution in [-0.4, -0.2) is 37.9 Å². The number of amides is 3. The molecule has 1 fully saturated rings. The van der Waals surface area contributed by atoms with E-state index < -0.39 is 0 Å². The highest BCUT2D eigenvalue weighted by atomic mass is 16.5. The Morgan fingerprint density at radius 2 is 1.97 bits per heavy atom. The summed E-state index contributed by atoms with van der Waals surface area (Å²) in [6.45, 7) is 0.925. The fourth-order valence-corrected chi connectivity index (χ4v) is 3.14. The molecule has 2 aromatic rings. The molecule has 2 N–H and O–H groups in total. The Kier molecular flexibility index (Phi) is 7.21. The molecule has 0 radical (unpaired) electrons. The highest BCUT2D eigenvalue weighted by Crippen LogP contribution is 2.24. The van der Waals surface area contributed by atoms with E-state index in [1.54, 1.807) is 30.2 Å². The summed E-state index contributed by atoms with van der Waals surface area (Å²) in [5, 5.41) is 5.49. The van der Waals surface area contributed by atoms with E-state index in [0.29, 0.717) is 18.7 Å². The lowest BCUT2D eigenvalue weighted by molar-refractivity contribution is -0.118. The molecule has 0 aromatic heterocycles. The van der Waals surface area contributed by atoms with Gasteiger partial charge in [0.2, 0.25) is 17.7 Å². The Morgan fingerprint density at radius 1 is 1.17 bits per heavy atom. The molecule has 3 rings (SSSR count). The number of anilines is 2. The second kappa shape index (κ2) is 10.2. The normalized spacial score (nSPS) is 13.5. The van der Waals surface area contributed by atoms with Crippen molar-refractivity contribution in [1.29, 1.82) is 0 Å². The summed E-state index contributed by atoms with van der Waals surface area (Å²) in [5.41, 5.74) is 2.29. The Balaban J connectivity index is 1.42. The van der Waals surface area contributed by atoms with Crippen LogP contribution in [0.2, 0.25) is 0 Å². The smallest absolute Gasteiger partial charge is 0.244 e. The minimum atomic E-state index is -0.270. The van der Waals surface area contributed by atoms with Crippen molar-refractivity contribution >= 4 is 35.2 Å². The predicted octanol–water partition coefficient (Wildman–Crippen LogP) is 2.98. The van der Waals surface area contributed by atoms with Crippen LogP contribution in [0.15, 0.2) is 54.6 Å². The van der Waals surface area contributed by atoms with Crippen LogP contribution in [0.4, 0.5) is 11.4 Å². The molecule has 2 aromatic carbocycles. The molecular weight excluding hydrogens is 382 g/mol. The number of carbonyl (C=O) groups excluding carboxylic acids is 3. The maximum Gasteiger partial charge on any atom is 0.244 e. The topological polar surface area (TPSA) is 87.7 Å². The van der Waals surface area contributed by atoms with Crippen LogP contribution in [0.1, 0.15) is 24.8 Å². The van der Waals surface area contributed by atoms with Crippen molar-refractivity contribution in [1.82, 2.24) is 5.32 Å². The summed E-state index contributed by atoms with van der Waals surface area (Å²) >= 11 is 0. The molecule has 0 atom stereocenters. The van der Waals surface area contributed by atoms with Crippen molar-refractivity contribution in [2.45, 2.75) is 19.3 Å². The van der Waals surface area contributed by atoms with Gasteiger partial charge in [-0.1, -0.05) is 18.2 Å². The van der Waals surface area contributed by atoms with Gasteiger partial charge in [-0.25, -0.2) is 0 Å². The lowest BCUT2D eigenvalue weighted by Crippen LogP contribution is -2.26. The molecular formula is C23H25N3O4. The quantitative estimate of drug-likeness (QED) is 0.659. The van der Waals surface area contributed by atoms with E-state index in [1.807, 2.05) is 36.4 Å². The molecule has 30 heavy (non-hydrogen) atoms. The van der Waals surface area contributed by atoms with Gasteiger partial charge in [-0.15, -0.1) is 0 Å². The molecule has 156 valence electrons. The minimum absolute atomic E-state index is 0.101. The highest BCUT2D eigenvalue weighted by Gasteiger charge is 2.21. The molecule has 0 aliphatic carbocycles. The van der Waals surface area contributed by atoms with Gasteiger partial charge in [-0.05, 0) is 48.4 Å². The monoisotopic (exact) mass is 407 g/mol. The van der Waals surface area contributed by atoms with Crippen LogP contribution in [-0.2, 0) is 14.4 Å². The van der Waals surface area contributed by atoms with E-state index in [1.165, 1.54) is 6.08 Å². The molecule has 1 saturated heterocycles. The van der Waals surface area contributed by atoms with Crippen LogP contribution in [0.5, 0.6) is 5.75 Å². The summed E-state index contributed by atoms with van der Waals surface area (Å²) < 4.78 is 5.09. The Morgan fingerprint density at radius 3 is 2.67 bits per heavy atom. The number of methoxy groups -OCH3 is 1. The molecule has 0 bridgehead atoms. The van der Waals surface area contributed by atoms with Crippen molar-refractivity contribution in [3.63, 3.8) is 0 Å². The molecule has 1 aliphatic heterocycles. The number of rotatable bonds is 8. The van der Waals surface area contributed by atoms with E-state index in [-0.39, 0.29) is 30.7 Å². The van der Waals surface area contributed by atoms with Gasteiger partial charge in [-0.2, -0.15) is 0 Å². The third-order valence-electron chi connectivity index (χ3n) is 4.71. The van der Waals surface area contributed by atoms with E-state index in [9.17, 15) is 14.4 Å². The zero-order chi connectivity index (χ0) is 21.3. The Bertz CT molecular complexity index is 938. The van der Waals surface area contributed by atoms with Gasteiger partial charge in [0, 0.05) is 43.4 Å². The molecule has 3 amide bonds. The van der Waals surface area contributed by atoms with Gasteiger partial charge >= 0.3 is 0 Å². The van der Waals surface area contributed by atoms with Gasteiger partial charge in [-0.3, -0.25) is 14.4 Å². The number of nitrogens with zero attached hydrogens (tertiary/aromatic N) is 1. The molecule has 1 heterocycles. The van der Waals surface area contributed by atoms with Gasteiger partial charge in [0.15, 0.2) is 0 Å². The number of ether oxygens (including phenoxy) is 1. The number of benzene rings is 2. The van der Waals surface area contributed by atoms with Crippen molar-refractivity contribution < 1.29 is 19.1 Å². The van der Waals surface area contributed by atoms with E-state index in [2.05, 4.69) is 10.6 Å². The molecule has 7 nitrogen and oxygen atoms in total. The summed E-state index contributed by atoms with van der Waals surface area (Å²) in [5.74, 6) is 0.372. The first-order valence-electron chi connectivity index (χ1n) is 9.85. The van der Waals surface area contributed by atoms with Crippen molar-refractivity contribution in [2.24, 2.45) is 0 Å². The Hall–Kier alpha value is -3.61. The van der Waals surface area contributed by atoms with E-state index >= 15 is 0 Å².